The minimum atomic E-state index is -6.04. The van der Waals surface area contributed by atoms with Crippen LogP contribution in [-0.4, -0.2) is 53.5 Å². The first-order valence-electron chi connectivity index (χ1n) is 12.9. The minimum absolute atomic E-state index is 0.0101. The third-order valence-electron chi connectivity index (χ3n) is 7.15. The molecule has 4 amide bonds. The van der Waals surface area contributed by atoms with Gasteiger partial charge in [0.05, 0.1) is 0 Å². The van der Waals surface area contributed by atoms with Crippen LogP contribution in [0.4, 0.5) is 36.8 Å². The molecule has 0 aliphatic carbocycles. The van der Waals surface area contributed by atoms with Crippen molar-refractivity contribution in [1.82, 2.24) is 10.2 Å². The van der Waals surface area contributed by atoms with Gasteiger partial charge in [-0.2, -0.15) is 26.3 Å². The van der Waals surface area contributed by atoms with E-state index in [1.807, 2.05) is 0 Å². The van der Waals surface area contributed by atoms with Crippen LogP contribution in [0.25, 0.3) is 0 Å². The number of carbonyl (C=O) groups excluding carboxylic acids is 3. The molecular formula is C27H27F6N3O6. The minimum Gasteiger partial charge on any atom is -0.454 e. The Morgan fingerprint density at radius 1 is 1.05 bits per heavy atom. The van der Waals surface area contributed by atoms with Crippen LogP contribution in [-0.2, 0) is 27.1 Å². The van der Waals surface area contributed by atoms with E-state index in [9.17, 15) is 45.8 Å². The molecule has 2 aromatic rings. The Morgan fingerprint density at radius 2 is 1.71 bits per heavy atom. The van der Waals surface area contributed by atoms with Crippen LogP contribution in [0.1, 0.15) is 49.8 Å². The number of carbonyl (C=O) groups is 3. The maximum Gasteiger partial charge on any atom is 0.430 e. The molecule has 0 spiro atoms. The molecule has 1 fully saturated rings. The van der Waals surface area contributed by atoms with Gasteiger partial charge >= 0.3 is 18.4 Å². The number of amides is 4. The summed E-state index contributed by atoms with van der Waals surface area (Å²) < 4.78 is 90.6. The molecule has 3 N–H and O–H groups in total. The zero-order valence-corrected chi connectivity index (χ0v) is 22.4. The van der Waals surface area contributed by atoms with Gasteiger partial charge in [0, 0.05) is 24.2 Å². The van der Waals surface area contributed by atoms with Crippen molar-refractivity contribution in [2.45, 2.75) is 63.0 Å². The zero-order chi connectivity index (χ0) is 31.1. The molecule has 228 valence electrons. The monoisotopic (exact) mass is 603 g/mol. The number of nitrogens with one attached hydrogen (secondary N) is 2. The van der Waals surface area contributed by atoms with Gasteiger partial charge in [-0.15, -0.1) is 0 Å². The first-order chi connectivity index (χ1) is 19.5. The number of aryl methyl sites for hydroxylation is 1. The van der Waals surface area contributed by atoms with E-state index in [1.165, 1.54) is 6.92 Å². The molecule has 9 nitrogen and oxygen atoms in total. The molecule has 0 saturated carbocycles. The van der Waals surface area contributed by atoms with E-state index in [2.05, 4.69) is 10.6 Å². The van der Waals surface area contributed by atoms with E-state index in [1.54, 1.807) is 25.1 Å². The highest BCUT2D eigenvalue weighted by atomic mass is 19.4. The summed E-state index contributed by atoms with van der Waals surface area (Å²) in [6.07, 6.45) is -12.0. The number of alkyl halides is 6. The Labute approximate surface area is 235 Å². The van der Waals surface area contributed by atoms with Gasteiger partial charge < -0.3 is 25.2 Å². The smallest absolute Gasteiger partial charge is 0.430 e. The molecule has 1 atom stereocenters. The van der Waals surface area contributed by atoms with Crippen LogP contribution in [0.5, 0.6) is 11.5 Å². The summed E-state index contributed by atoms with van der Waals surface area (Å²) in [7, 11) is 0. The molecule has 1 unspecified atom stereocenters. The molecule has 0 aromatic heterocycles. The third kappa shape index (κ3) is 5.44. The Hall–Kier alpha value is -4.01. The van der Waals surface area contributed by atoms with Crippen molar-refractivity contribution in [3.05, 3.63) is 53.1 Å². The lowest BCUT2D eigenvalue weighted by atomic mass is 9.89. The van der Waals surface area contributed by atoms with Gasteiger partial charge in [-0.1, -0.05) is 31.5 Å². The molecule has 15 heteroatoms. The highest BCUT2D eigenvalue weighted by molar-refractivity contribution is 6.07. The number of urea groups is 1. The van der Waals surface area contributed by atoms with Gasteiger partial charge in [0.15, 0.2) is 11.5 Å². The second-order valence-corrected chi connectivity index (χ2v) is 10.1. The van der Waals surface area contributed by atoms with Crippen molar-refractivity contribution in [3.8, 4) is 11.5 Å². The van der Waals surface area contributed by atoms with Gasteiger partial charge in [0.1, 0.15) is 5.54 Å². The predicted octanol–water partition coefficient (Wildman–Crippen LogP) is 4.87. The highest BCUT2D eigenvalue weighted by Gasteiger charge is 2.71. The van der Waals surface area contributed by atoms with Gasteiger partial charge in [-0.25, -0.2) is 4.79 Å². The molecule has 0 radical (unpaired) electrons. The second-order valence-electron chi connectivity index (χ2n) is 10.1. The molecular weight excluding hydrogens is 576 g/mol. The van der Waals surface area contributed by atoms with E-state index in [0.717, 1.165) is 11.0 Å². The molecule has 4 rings (SSSR count). The maximum absolute atomic E-state index is 13.3. The Bertz CT molecular complexity index is 1380. The lowest BCUT2D eigenvalue weighted by Crippen LogP contribution is -2.54. The third-order valence-corrected chi connectivity index (χ3v) is 7.15. The number of benzene rings is 2. The van der Waals surface area contributed by atoms with Crippen molar-refractivity contribution in [3.63, 3.8) is 0 Å². The van der Waals surface area contributed by atoms with Crippen molar-refractivity contribution in [2.24, 2.45) is 0 Å². The summed E-state index contributed by atoms with van der Waals surface area (Å²) in [5, 5.41) is 14.8. The Balaban J connectivity index is 1.42. The summed E-state index contributed by atoms with van der Waals surface area (Å²) in [6.45, 7) is 3.04. The van der Waals surface area contributed by atoms with Gasteiger partial charge in [0.2, 0.25) is 12.7 Å². The van der Waals surface area contributed by atoms with E-state index < -0.39 is 46.9 Å². The number of halogens is 6. The first kappa shape index (κ1) is 30.9. The quantitative estimate of drug-likeness (QED) is 0.278. The van der Waals surface area contributed by atoms with E-state index in [0.29, 0.717) is 35.6 Å². The van der Waals surface area contributed by atoms with Crippen LogP contribution >= 0.6 is 0 Å². The van der Waals surface area contributed by atoms with E-state index in [4.69, 9.17) is 9.47 Å². The van der Waals surface area contributed by atoms with Gasteiger partial charge in [-0.05, 0) is 49.1 Å². The second kappa shape index (κ2) is 11.0. The summed E-state index contributed by atoms with van der Waals surface area (Å²) in [4.78, 5) is 39.3. The van der Waals surface area contributed by atoms with Crippen LogP contribution in [0.3, 0.4) is 0 Å². The molecule has 2 aliphatic rings. The molecule has 2 aliphatic heterocycles. The van der Waals surface area contributed by atoms with Gasteiger partial charge in [-0.3, -0.25) is 14.5 Å². The molecule has 2 heterocycles. The topological polar surface area (TPSA) is 117 Å². The maximum atomic E-state index is 13.3. The number of hydrogen-bond donors (Lipinski definition) is 3. The molecule has 1 saturated heterocycles. The number of fused-ring (bicyclic) bond motifs is 1. The lowest BCUT2D eigenvalue weighted by Gasteiger charge is -2.33. The number of aliphatic hydroxyl groups is 1. The summed E-state index contributed by atoms with van der Waals surface area (Å²) in [5.74, 6) is -0.292. The van der Waals surface area contributed by atoms with Crippen LogP contribution in [0.15, 0.2) is 36.4 Å². The number of nitrogens with zero attached hydrogens (tertiary/aromatic N) is 1. The average Bonchev–Trinajstić information content (AvgIpc) is 3.46. The fourth-order valence-electron chi connectivity index (χ4n) is 4.82. The predicted molar refractivity (Wildman–Crippen MR) is 134 cm³/mol. The van der Waals surface area contributed by atoms with E-state index >= 15 is 0 Å². The molecule has 0 bridgehead atoms. The average molecular weight is 604 g/mol. The molecule has 2 aromatic carbocycles. The van der Waals surface area contributed by atoms with Gasteiger partial charge in [0.25, 0.3) is 11.5 Å². The highest BCUT2D eigenvalue weighted by Crippen LogP contribution is 2.50. The lowest BCUT2D eigenvalue weighted by molar-refractivity contribution is -0.376. The van der Waals surface area contributed by atoms with Crippen LogP contribution in [0.2, 0.25) is 0 Å². The van der Waals surface area contributed by atoms with Crippen molar-refractivity contribution < 1.29 is 55.3 Å². The van der Waals surface area contributed by atoms with Crippen LogP contribution < -0.4 is 20.1 Å². The normalized spacial score (nSPS) is 18.8. The standard InChI is InChI=1S/C27H27F6N3O6/c1-3-5-15-12-17(25(40,26(28,29)30)27(31,32)33)7-9-18(15)34-21(37)6-4-11-36-22(38)24(2,35-23(36)39)16-8-10-19-20(13-16)42-14-41-19/h7-10,12-13,40H,3-6,11,14H2,1-2H3,(H,34,37)(H,35,39). The zero-order valence-electron chi connectivity index (χ0n) is 22.4. The largest absolute Gasteiger partial charge is 0.454 e. The Morgan fingerprint density at radius 3 is 2.36 bits per heavy atom. The summed E-state index contributed by atoms with van der Waals surface area (Å²) >= 11 is 0. The van der Waals surface area contributed by atoms with Crippen molar-refractivity contribution in [1.29, 1.82) is 0 Å². The Kier molecular flexibility index (Phi) is 8.10. The number of hydrogen-bond acceptors (Lipinski definition) is 6. The fourth-order valence-corrected chi connectivity index (χ4v) is 4.82. The molecule has 42 heavy (non-hydrogen) atoms. The summed E-state index contributed by atoms with van der Waals surface area (Å²) in [5.41, 5.74) is -7.52. The number of anilines is 1. The SMILES string of the molecule is CCCc1cc(C(O)(C(F)(F)F)C(F)(F)F)ccc1NC(=O)CCCN1C(=O)NC(C)(c2ccc3c(c2)OCO3)C1=O. The first-order valence-corrected chi connectivity index (χ1v) is 12.9. The van der Waals surface area contributed by atoms with Crippen LogP contribution in [0, 0.1) is 0 Å². The van der Waals surface area contributed by atoms with Crippen molar-refractivity contribution >= 4 is 23.5 Å². The number of imide groups is 1. The number of rotatable bonds is 9. The fraction of sp³-hybridized carbons (Fsp3) is 0.444. The van der Waals surface area contributed by atoms with Crippen molar-refractivity contribution in [2.75, 3.05) is 18.7 Å². The van der Waals surface area contributed by atoms with E-state index in [-0.39, 0.29) is 43.9 Å². The summed E-state index contributed by atoms with van der Waals surface area (Å²) in [6, 6.07) is 6.04. The number of ether oxygens (including phenoxy) is 2.